The first kappa shape index (κ1) is 9.48. The van der Waals surface area contributed by atoms with Crippen LogP contribution in [0.15, 0.2) is 23.8 Å². The molecule has 0 aromatic heterocycles. The van der Waals surface area contributed by atoms with Crippen LogP contribution in [0.3, 0.4) is 0 Å². The van der Waals surface area contributed by atoms with Gasteiger partial charge in [-0.2, -0.15) is 0 Å². The minimum Gasteiger partial charge on any atom is -0.0917 e. The second kappa shape index (κ2) is 6.60. The van der Waals surface area contributed by atoms with E-state index in [9.17, 15) is 0 Å². The Hall–Kier alpha value is -0.520. The largest absolute Gasteiger partial charge is 0.0917 e. The molecule has 0 nitrogen and oxygen atoms in total. The van der Waals surface area contributed by atoms with E-state index >= 15 is 0 Å². The summed E-state index contributed by atoms with van der Waals surface area (Å²) in [6.45, 7) is 7.98. The third kappa shape index (κ3) is 5.61. The SMILES string of the molecule is [CH2]C/C=C(\C)CC/C=C/C. The predicted molar refractivity (Wildman–Crippen MR) is 47.8 cm³/mol. The molecule has 0 rings (SSSR count). The fourth-order valence-electron chi connectivity index (χ4n) is 0.826. The van der Waals surface area contributed by atoms with Crippen molar-refractivity contribution >= 4 is 0 Å². The van der Waals surface area contributed by atoms with E-state index < -0.39 is 0 Å². The minimum atomic E-state index is 0.918. The maximum Gasteiger partial charge on any atom is -0.0288 e. The van der Waals surface area contributed by atoms with E-state index in [-0.39, 0.29) is 0 Å². The van der Waals surface area contributed by atoms with Crippen LogP contribution in [0.4, 0.5) is 0 Å². The van der Waals surface area contributed by atoms with E-state index in [0.29, 0.717) is 0 Å². The van der Waals surface area contributed by atoms with Gasteiger partial charge in [-0.1, -0.05) is 23.8 Å². The number of rotatable bonds is 4. The van der Waals surface area contributed by atoms with Crippen molar-refractivity contribution in [2.45, 2.75) is 33.1 Å². The van der Waals surface area contributed by atoms with E-state index in [0.717, 1.165) is 6.42 Å². The molecule has 0 N–H and O–H groups in total. The van der Waals surface area contributed by atoms with Gasteiger partial charge in [0, 0.05) is 0 Å². The van der Waals surface area contributed by atoms with Gasteiger partial charge in [-0.3, -0.25) is 0 Å². The second-order valence-electron chi connectivity index (χ2n) is 2.45. The van der Waals surface area contributed by atoms with Crippen molar-refractivity contribution < 1.29 is 0 Å². The molecule has 0 bridgehead atoms. The monoisotopic (exact) mass is 137 g/mol. The van der Waals surface area contributed by atoms with Crippen LogP contribution in [0.5, 0.6) is 0 Å². The molecule has 0 amide bonds. The Morgan fingerprint density at radius 3 is 2.70 bits per heavy atom. The van der Waals surface area contributed by atoms with Gasteiger partial charge in [-0.15, -0.1) is 0 Å². The van der Waals surface area contributed by atoms with Crippen molar-refractivity contribution in [2.75, 3.05) is 0 Å². The van der Waals surface area contributed by atoms with Crippen molar-refractivity contribution in [1.29, 1.82) is 0 Å². The third-order valence-electron chi connectivity index (χ3n) is 1.43. The van der Waals surface area contributed by atoms with E-state index in [1.165, 1.54) is 18.4 Å². The first-order chi connectivity index (χ1) is 4.81. The molecule has 0 heterocycles. The first-order valence-corrected chi connectivity index (χ1v) is 3.87. The summed E-state index contributed by atoms with van der Waals surface area (Å²) in [7, 11) is 0. The highest BCUT2D eigenvalue weighted by atomic mass is 13.9. The average molecular weight is 137 g/mol. The van der Waals surface area contributed by atoms with Crippen LogP contribution in [-0.4, -0.2) is 0 Å². The van der Waals surface area contributed by atoms with Gasteiger partial charge in [0.25, 0.3) is 0 Å². The smallest absolute Gasteiger partial charge is 0.0288 e. The Balaban J connectivity index is 3.38. The quantitative estimate of drug-likeness (QED) is 0.520. The molecule has 0 aromatic carbocycles. The van der Waals surface area contributed by atoms with E-state index in [4.69, 9.17) is 0 Å². The van der Waals surface area contributed by atoms with Crippen molar-refractivity contribution in [3.63, 3.8) is 0 Å². The average Bonchev–Trinajstić information content (AvgIpc) is 1.89. The molecular formula is C10H17. The molecule has 10 heavy (non-hydrogen) atoms. The zero-order valence-corrected chi connectivity index (χ0v) is 7.06. The maximum atomic E-state index is 3.76. The standard InChI is InChI=1S/C10H17/c1-4-6-7-9-10(3)8-5-2/h4,6,8H,2,5,7,9H2,1,3H3/b6-4+,10-8+. The van der Waals surface area contributed by atoms with Gasteiger partial charge in [0.1, 0.15) is 0 Å². The molecular weight excluding hydrogens is 120 g/mol. The summed E-state index contributed by atoms with van der Waals surface area (Å²) in [5.41, 5.74) is 1.45. The van der Waals surface area contributed by atoms with Crippen LogP contribution >= 0.6 is 0 Å². The van der Waals surface area contributed by atoms with E-state index in [1.807, 2.05) is 0 Å². The van der Waals surface area contributed by atoms with Gasteiger partial charge >= 0.3 is 0 Å². The fraction of sp³-hybridized carbons (Fsp3) is 0.500. The topological polar surface area (TPSA) is 0 Å². The molecule has 0 fully saturated rings. The Labute approximate surface area is 64.6 Å². The van der Waals surface area contributed by atoms with Crippen LogP contribution in [-0.2, 0) is 0 Å². The Morgan fingerprint density at radius 2 is 2.20 bits per heavy atom. The molecule has 0 heteroatoms. The van der Waals surface area contributed by atoms with Crippen molar-refractivity contribution in [1.82, 2.24) is 0 Å². The van der Waals surface area contributed by atoms with Crippen molar-refractivity contribution in [3.05, 3.63) is 30.7 Å². The van der Waals surface area contributed by atoms with Crippen molar-refractivity contribution in [2.24, 2.45) is 0 Å². The summed E-state index contributed by atoms with van der Waals surface area (Å²) >= 11 is 0. The van der Waals surface area contributed by atoms with E-state index in [1.54, 1.807) is 0 Å². The zero-order valence-electron chi connectivity index (χ0n) is 7.06. The third-order valence-corrected chi connectivity index (χ3v) is 1.43. The lowest BCUT2D eigenvalue weighted by molar-refractivity contribution is 0.966. The molecule has 0 saturated carbocycles. The summed E-state index contributed by atoms with van der Waals surface area (Å²) in [4.78, 5) is 0. The van der Waals surface area contributed by atoms with Gasteiger partial charge in [0.05, 0.1) is 0 Å². The minimum absolute atomic E-state index is 0.918. The highest BCUT2D eigenvalue weighted by molar-refractivity contribution is 4.99. The second-order valence-corrected chi connectivity index (χ2v) is 2.45. The first-order valence-electron chi connectivity index (χ1n) is 3.87. The molecule has 1 radical (unpaired) electrons. The summed E-state index contributed by atoms with van der Waals surface area (Å²) < 4.78 is 0. The highest BCUT2D eigenvalue weighted by Gasteiger charge is 1.84. The van der Waals surface area contributed by atoms with Crippen LogP contribution in [0, 0.1) is 6.92 Å². The number of hydrogen-bond acceptors (Lipinski definition) is 0. The fourth-order valence-corrected chi connectivity index (χ4v) is 0.826. The summed E-state index contributed by atoms with van der Waals surface area (Å²) in [5.74, 6) is 0. The normalized spacial score (nSPS) is 12.9. The van der Waals surface area contributed by atoms with Gasteiger partial charge < -0.3 is 0 Å². The maximum absolute atomic E-state index is 3.76. The number of hydrogen-bond donors (Lipinski definition) is 0. The Morgan fingerprint density at radius 1 is 1.50 bits per heavy atom. The van der Waals surface area contributed by atoms with Crippen LogP contribution < -0.4 is 0 Å². The lowest BCUT2D eigenvalue weighted by atomic mass is 10.1. The van der Waals surface area contributed by atoms with Gasteiger partial charge in [0.15, 0.2) is 0 Å². The van der Waals surface area contributed by atoms with Gasteiger partial charge in [-0.05, 0) is 40.0 Å². The van der Waals surface area contributed by atoms with Crippen LogP contribution in [0.25, 0.3) is 0 Å². The van der Waals surface area contributed by atoms with E-state index in [2.05, 4.69) is 39.0 Å². The molecule has 0 spiro atoms. The molecule has 0 aliphatic heterocycles. The molecule has 0 saturated heterocycles. The molecule has 0 unspecified atom stereocenters. The van der Waals surface area contributed by atoms with Crippen LogP contribution in [0.2, 0.25) is 0 Å². The lowest BCUT2D eigenvalue weighted by Crippen LogP contribution is -1.74. The number of allylic oxidation sites excluding steroid dienone is 4. The Bertz CT molecular complexity index is 118. The summed E-state index contributed by atoms with van der Waals surface area (Å²) in [5, 5.41) is 0. The molecule has 0 aliphatic rings. The molecule has 0 aliphatic carbocycles. The molecule has 0 aromatic rings. The Kier molecular flexibility index (Phi) is 6.25. The zero-order chi connectivity index (χ0) is 7.82. The summed E-state index contributed by atoms with van der Waals surface area (Å²) in [6, 6.07) is 0. The van der Waals surface area contributed by atoms with Gasteiger partial charge in [0.2, 0.25) is 0 Å². The molecule has 0 atom stereocenters. The van der Waals surface area contributed by atoms with Crippen molar-refractivity contribution in [3.8, 4) is 0 Å². The molecule has 57 valence electrons. The van der Waals surface area contributed by atoms with Crippen LogP contribution in [0.1, 0.15) is 33.1 Å². The predicted octanol–water partition coefficient (Wildman–Crippen LogP) is 3.51. The lowest BCUT2D eigenvalue weighted by Gasteiger charge is -1.94. The van der Waals surface area contributed by atoms with Gasteiger partial charge in [-0.25, -0.2) is 0 Å². The highest BCUT2D eigenvalue weighted by Crippen LogP contribution is 2.04. The summed E-state index contributed by atoms with van der Waals surface area (Å²) in [6.07, 6.45) is 9.74.